The molecule has 6 heteroatoms. The Labute approximate surface area is 142 Å². The molecule has 1 aliphatic carbocycles. The molecule has 0 saturated heterocycles. The normalized spacial score (nSPS) is 14.4. The molecular weight excluding hydrogens is 324 g/mol. The average Bonchev–Trinajstić information content (AvgIpc) is 3.33. The minimum absolute atomic E-state index is 0.0288. The van der Waals surface area contributed by atoms with Crippen molar-refractivity contribution < 1.29 is 13.2 Å². The average molecular weight is 344 g/mol. The van der Waals surface area contributed by atoms with Crippen LogP contribution in [-0.2, 0) is 10.0 Å². The molecule has 5 nitrogen and oxygen atoms in total. The number of hydrogen-bond acceptors (Lipinski definition) is 3. The Hall–Kier alpha value is -2.18. The van der Waals surface area contributed by atoms with Gasteiger partial charge in [-0.25, -0.2) is 13.1 Å². The summed E-state index contributed by atoms with van der Waals surface area (Å²) in [7, 11) is -3.58. The van der Waals surface area contributed by atoms with E-state index in [0.717, 1.165) is 24.0 Å². The SMILES string of the molecule is Cc1ccc(NC(=O)c2cc(S(=O)(=O)NC3CC3)ccc2C)cc1. The Morgan fingerprint density at radius 2 is 1.71 bits per heavy atom. The van der Waals surface area contributed by atoms with E-state index in [0.29, 0.717) is 11.3 Å². The number of nitrogens with one attached hydrogen (secondary N) is 2. The van der Waals surface area contributed by atoms with Gasteiger partial charge in [-0.1, -0.05) is 23.8 Å². The predicted molar refractivity (Wildman–Crippen MR) is 93.7 cm³/mol. The van der Waals surface area contributed by atoms with Gasteiger partial charge in [0, 0.05) is 17.3 Å². The molecule has 1 saturated carbocycles. The number of amides is 1. The molecule has 0 spiro atoms. The maximum absolute atomic E-state index is 12.5. The molecule has 0 heterocycles. The second-order valence-electron chi connectivity index (χ2n) is 6.19. The molecule has 0 unspecified atom stereocenters. The van der Waals surface area contributed by atoms with E-state index in [2.05, 4.69) is 10.0 Å². The third-order valence-corrected chi connectivity index (χ3v) is 5.49. The number of hydrogen-bond donors (Lipinski definition) is 2. The first-order chi connectivity index (χ1) is 11.3. The first-order valence-electron chi connectivity index (χ1n) is 7.86. The first-order valence-corrected chi connectivity index (χ1v) is 9.34. The lowest BCUT2D eigenvalue weighted by Crippen LogP contribution is -2.26. The molecule has 1 aliphatic rings. The summed E-state index contributed by atoms with van der Waals surface area (Å²) in [5, 5.41) is 2.80. The molecule has 0 radical (unpaired) electrons. The molecule has 2 N–H and O–H groups in total. The van der Waals surface area contributed by atoms with Crippen molar-refractivity contribution >= 4 is 21.6 Å². The predicted octanol–water partition coefficient (Wildman–Crippen LogP) is 3.00. The molecule has 2 aromatic rings. The van der Waals surface area contributed by atoms with Crippen LogP contribution >= 0.6 is 0 Å². The maximum atomic E-state index is 12.5. The molecule has 2 aromatic carbocycles. The van der Waals surface area contributed by atoms with Crippen LogP contribution in [0.3, 0.4) is 0 Å². The molecular formula is C18H20N2O3S. The highest BCUT2D eigenvalue weighted by atomic mass is 32.2. The van der Waals surface area contributed by atoms with E-state index >= 15 is 0 Å². The fraction of sp³-hybridized carbons (Fsp3) is 0.278. The van der Waals surface area contributed by atoms with Gasteiger partial charge in [-0.3, -0.25) is 4.79 Å². The van der Waals surface area contributed by atoms with Gasteiger partial charge in [-0.2, -0.15) is 0 Å². The smallest absolute Gasteiger partial charge is 0.255 e. The molecule has 0 aliphatic heterocycles. The lowest BCUT2D eigenvalue weighted by Gasteiger charge is -2.11. The number of carbonyl (C=O) groups is 1. The van der Waals surface area contributed by atoms with E-state index in [4.69, 9.17) is 0 Å². The topological polar surface area (TPSA) is 75.3 Å². The minimum Gasteiger partial charge on any atom is -0.322 e. The highest BCUT2D eigenvalue weighted by molar-refractivity contribution is 7.89. The summed E-state index contributed by atoms with van der Waals surface area (Å²) in [6.45, 7) is 3.76. The summed E-state index contributed by atoms with van der Waals surface area (Å²) in [5.41, 5.74) is 2.86. The highest BCUT2D eigenvalue weighted by Crippen LogP contribution is 2.23. The van der Waals surface area contributed by atoms with Crippen LogP contribution in [0.5, 0.6) is 0 Å². The van der Waals surface area contributed by atoms with Crippen molar-refractivity contribution in [3.63, 3.8) is 0 Å². The van der Waals surface area contributed by atoms with Gasteiger partial charge >= 0.3 is 0 Å². The fourth-order valence-corrected chi connectivity index (χ4v) is 3.67. The number of rotatable bonds is 5. The van der Waals surface area contributed by atoms with Crippen LogP contribution in [0.2, 0.25) is 0 Å². The van der Waals surface area contributed by atoms with Gasteiger partial charge in [-0.15, -0.1) is 0 Å². The number of aryl methyl sites for hydroxylation is 2. The van der Waals surface area contributed by atoms with Crippen molar-refractivity contribution in [2.24, 2.45) is 0 Å². The molecule has 1 fully saturated rings. The zero-order valence-corrected chi connectivity index (χ0v) is 14.5. The van der Waals surface area contributed by atoms with Gasteiger partial charge in [0.05, 0.1) is 4.90 Å². The van der Waals surface area contributed by atoms with Crippen LogP contribution in [0.4, 0.5) is 5.69 Å². The molecule has 126 valence electrons. The lowest BCUT2D eigenvalue weighted by molar-refractivity contribution is 0.102. The molecule has 3 rings (SSSR count). The Morgan fingerprint density at radius 1 is 1.04 bits per heavy atom. The summed E-state index contributed by atoms with van der Waals surface area (Å²) in [5.74, 6) is -0.320. The Morgan fingerprint density at radius 3 is 2.33 bits per heavy atom. The van der Waals surface area contributed by atoms with Crippen LogP contribution in [0, 0.1) is 13.8 Å². The van der Waals surface area contributed by atoms with Gasteiger partial charge in [0.1, 0.15) is 0 Å². The Kier molecular flexibility index (Phi) is 4.43. The Bertz CT molecular complexity index is 870. The standard InChI is InChI=1S/C18H20N2O3S/c1-12-3-6-14(7-4-12)19-18(21)17-11-16(10-5-13(17)2)24(22,23)20-15-8-9-15/h3-7,10-11,15,20H,8-9H2,1-2H3,(H,19,21). The summed E-state index contributed by atoms with van der Waals surface area (Å²) in [4.78, 5) is 12.6. The number of benzene rings is 2. The second kappa shape index (κ2) is 6.37. The van der Waals surface area contributed by atoms with Crippen molar-refractivity contribution in [1.29, 1.82) is 0 Å². The largest absolute Gasteiger partial charge is 0.322 e. The van der Waals surface area contributed by atoms with Crippen molar-refractivity contribution in [3.8, 4) is 0 Å². The minimum atomic E-state index is -3.58. The zero-order valence-electron chi connectivity index (χ0n) is 13.7. The van der Waals surface area contributed by atoms with Crippen LogP contribution < -0.4 is 10.0 Å². The maximum Gasteiger partial charge on any atom is 0.255 e. The van der Waals surface area contributed by atoms with Crippen LogP contribution in [0.1, 0.15) is 34.3 Å². The van der Waals surface area contributed by atoms with Gasteiger partial charge in [0.2, 0.25) is 10.0 Å². The van der Waals surface area contributed by atoms with Crippen molar-refractivity contribution in [2.75, 3.05) is 5.32 Å². The molecule has 0 aromatic heterocycles. The van der Waals surface area contributed by atoms with E-state index in [1.165, 1.54) is 12.1 Å². The fourth-order valence-electron chi connectivity index (χ4n) is 2.34. The molecule has 24 heavy (non-hydrogen) atoms. The highest BCUT2D eigenvalue weighted by Gasteiger charge is 2.28. The van der Waals surface area contributed by atoms with Crippen molar-refractivity contribution in [1.82, 2.24) is 4.72 Å². The second-order valence-corrected chi connectivity index (χ2v) is 7.91. The number of sulfonamides is 1. The van der Waals surface area contributed by atoms with E-state index < -0.39 is 10.0 Å². The summed E-state index contributed by atoms with van der Waals surface area (Å²) < 4.78 is 27.3. The summed E-state index contributed by atoms with van der Waals surface area (Å²) in [6.07, 6.45) is 1.73. The summed E-state index contributed by atoms with van der Waals surface area (Å²) >= 11 is 0. The third-order valence-electron chi connectivity index (χ3n) is 3.97. The quantitative estimate of drug-likeness (QED) is 0.875. The molecule has 1 amide bonds. The van der Waals surface area contributed by atoms with E-state index in [-0.39, 0.29) is 16.8 Å². The number of anilines is 1. The van der Waals surface area contributed by atoms with Crippen LogP contribution in [-0.4, -0.2) is 20.4 Å². The van der Waals surface area contributed by atoms with E-state index in [1.54, 1.807) is 13.0 Å². The van der Waals surface area contributed by atoms with Crippen LogP contribution in [0.15, 0.2) is 47.4 Å². The lowest BCUT2D eigenvalue weighted by atomic mass is 10.1. The van der Waals surface area contributed by atoms with E-state index in [1.807, 2.05) is 31.2 Å². The molecule has 0 atom stereocenters. The monoisotopic (exact) mass is 344 g/mol. The van der Waals surface area contributed by atoms with E-state index in [9.17, 15) is 13.2 Å². The zero-order chi connectivity index (χ0) is 17.3. The van der Waals surface area contributed by atoms with Crippen LogP contribution in [0.25, 0.3) is 0 Å². The molecule has 0 bridgehead atoms. The Balaban J connectivity index is 1.85. The van der Waals surface area contributed by atoms with Gasteiger partial charge in [0.25, 0.3) is 5.91 Å². The van der Waals surface area contributed by atoms with Crippen molar-refractivity contribution in [3.05, 3.63) is 59.2 Å². The first kappa shape index (κ1) is 16.7. The third kappa shape index (κ3) is 3.83. The van der Waals surface area contributed by atoms with Gasteiger partial charge in [0.15, 0.2) is 0 Å². The van der Waals surface area contributed by atoms with Gasteiger partial charge in [-0.05, 0) is 56.5 Å². The number of carbonyl (C=O) groups excluding carboxylic acids is 1. The summed E-state index contributed by atoms with van der Waals surface area (Å²) in [6, 6.07) is 12.1. The van der Waals surface area contributed by atoms with Gasteiger partial charge < -0.3 is 5.32 Å². The van der Waals surface area contributed by atoms with Crippen molar-refractivity contribution in [2.45, 2.75) is 37.6 Å².